The van der Waals surface area contributed by atoms with Crippen molar-refractivity contribution in [2.75, 3.05) is 0 Å². The van der Waals surface area contributed by atoms with Crippen LogP contribution in [0, 0.1) is 23.2 Å². The molecule has 0 spiro atoms. The molecule has 1 fully saturated rings. The van der Waals surface area contributed by atoms with Gasteiger partial charge in [-0.3, -0.25) is 4.79 Å². The molecule has 0 radical (unpaired) electrons. The number of carbonyl (C=O) groups excluding carboxylic acids is 1. The summed E-state index contributed by atoms with van der Waals surface area (Å²) in [6.45, 7) is 10.7. The lowest BCUT2D eigenvalue weighted by molar-refractivity contribution is -0.143. The first-order chi connectivity index (χ1) is 9.61. The number of hydrogen-bond donors (Lipinski definition) is 2. The van der Waals surface area contributed by atoms with Crippen LogP contribution in [0.4, 0.5) is 0 Å². The monoisotopic (exact) mass is 297 g/mol. The average Bonchev–Trinajstić information content (AvgIpc) is 2.36. The fourth-order valence-corrected chi connectivity index (χ4v) is 3.20. The molecule has 4 nitrogen and oxygen atoms in total. The molecule has 0 heterocycles. The molecule has 0 aliphatic heterocycles. The van der Waals surface area contributed by atoms with Gasteiger partial charge in [-0.05, 0) is 49.4 Å². The van der Waals surface area contributed by atoms with Gasteiger partial charge in [-0.25, -0.2) is 4.79 Å². The molecule has 1 rings (SSSR count). The smallest absolute Gasteiger partial charge is 0.326 e. The maximum atomic E-state index is 12.3. The van der Waals surface area contributed by atoms with Crippen LogP contribution in [0.5, 0.6) is 0 Å². The Hall–Kier alpha value is -1.06. The topological polar surface area (TPSA) is 66.4 Å². The molecule has 1 aliphatic rings. The largest absolute Gasteiger partial charge is 0.480 e. The normalized spacial score (nSPS) is 24.7. The minimum Gasteiger partial charge on any atom is -0.480 e. The highest BCUT2D eigenvalue weighted by atomic mass is 16.4. The molecule has 0 saturated heterocycles. The number of hydrogen-bond acceptors (Lipinski definition) is 2. The van der Waals surface area contributed by atoms with E-state index in [-0.39, 0.29) is 17.7 Å². The Morgan fingerprint density at radius 3 is 2.05 bits per heavy atom. The minimum atomic E-state index is -0.930. The van der Waals surface area contributed by atoms with Crippen molar-refractivity contribution in [3.05, 3.63) is 0 Å². The predicted molar refractivity (Wildman–Crippen MR) is 83.9 cm³/mol. The summed E-state index contributed by atoms with van der Waals surface area (Å²) in [7, 11) is 0. The highest BCUT2D eigenvalue weighted by molar-refractivity contribution is 5.85. The summed E-state index contributed by atoms with van der Waals surface area (Å²) in [6, 6.07) is -0.752. The Balaban J connectivity index is 2.51. The van der Waals surface area contributed by atoms with Gasteiger partial charge in [0.05, 0.1) is 0 Å². The first-order valence-corrected chi connectivity index (χ1v) is 8.14. The Bertz CT molecular complexity index is 363. The van der Waals surface area contributed by atoms with E-state index in [9.17, 15) is 14.7 Å². The zero-order valence-electron chi connectivity index (χ0n) is 14.1. The predicted octanol–water partition coefficient (Wildman–Crippen LogP) is 3.45. The van der Waals surface area contributed by atoms with Crippen LogP contribution in [0.25, 0.3) is 0 Å². The van der Waals surface area contributed by atoms with E-state index in [1.165, 1.54) is 0 Å². The second-order valence-corrected chi connectivity index (χ2v) is 7.94. The van der Waals surface area contributed by atoms with Gasteiger partial charge in [0.15, 0.2) is 0 Å². The lowest BCUT2D eigenvalue weighted by atomic mass is 9.69. The summed E-state index contributed by atoms with van der Waals surface area (Å²) in [6.07, 6.45) is 4.36. The van der Waals surface area contributed by atoms with Gasteiger partial charge in [0.1, 0.15) is 6.04 Å². The van der Waals surface area contributed by atoms with E-state index >= 15 is 0 Å². The first kappa shape index (κ1) is 18.0. The van der Waals surface area contributed by atoms with Crippen LogP contribution in [-0.4, -0.2) is 23.0 Å². The van der Waals surface area contributed by atoms with Crippen molar-refractivity contribution in [1.82, 2.24) is 5.32 Å². The third kappa shape index (κ3) is 5.68. The lowest BCUT2D eigenvalue weighted by Gasteiger charge is -2.36. The second kappa shape index (κ2) is 7.28. The van der Waals surface area contributed by atoms with Gasteiger partial charge in [-0.15, -0.1) is 0 Å². The molecule has 1 atom stereocenters. The van der Waals surface area contributed by atoms with Gasteiger partial charge in [0.2, 0.25) is 5.91 Å². The third-order valence-corrected chi connectivity index (χ3v) is 4.64. The number of amides is 1. The average molecular weight is 297 g/mol. The summed E-state index contributed by atoms with van der Waals surface area (Å²) in [5.41, 5.74) is 0.294. The Morgan fingerprint density at radius 1 is 1.14 bits per heavy atom. The molecule has 0 unspecified atom stereocenters. The molecule has 1 saturated carbocycles. The number of rotatable bonds is 5. The molecule has 2 N–H and O–H groups in total. The molecule has 0 aromatic carbocycles. The number of carbonyl (C=O) groups is 2. The fraction of sp³-hybridized carbons (Fsp3) is 0.882. The summed E-state index contributed by atoms with van der Waals surface area (Å²) in [4.78, 5) is 23.5. The van der Waals surface area contributed by atoms with Crippen LogP contribution in [0.15, 0.2) is 0 Å². The summed E-state index contributed by atoms with van der Waals surface area (Å²) < 4.78 is 0. The van der Waals surface area contributed by atoms with Crippen molar-refractivity contribution < 1.29 is 14.7 Å². The summed E-state index contributed by atoms with van der Waals surface area (Å²) >= 11 is 0. The van der Waals surface area contributed by atoms with Gasteiger partial charge in [-0.1, -0.05) is 34.6 Å². The molecule has 0 bridgehead atoms. The van der Waals surface area contributed by atoms with E-state index in [4.69, 9.17) is 0 Å². The molecule has 1 aliphatic carbocycles. The van der Waals surface area contributed by atoms with E-state index in [2.05, 4.69) is 26.1 Å². The van der Waals surface area contributed by atoms with Crippen LogP contribution in [-0.2, 0) is 9.59 Å². The van der Waals surface area contributed by atoms with Gasteiger partial charge in [0.25, 0.3) is 0 Å². The zero-order valence-corrected chi connectivity index (χ0v) is 14.1. The van der Waals surface area contributed by atoms with Crippen molar-refractivity contribution in [1.29, 1.82) is 0 Å². The van der Waals surface area contributed by atoms with Crippen LogP contribution in [0.3, 0.4) is 0 Å². The Labute approximate surface area is 128 Å². The highest BCUT2D eigenvalue weighted by Crippen LogP contribution is 2.39. The molecule has 122 valence electrons. The van der Waals surface area contributed by atoms with E-state index in [0.29, 0.717) is 17.8 Å². The maximum absolute atomic E-state index is 12.3. The molecule has 1 amide bonds. The highest BCUT2D eigenvalue weighted by Gasteiger charge is 2.33. The number of nitrogens with one attached hydrogen (secondary N) is 1. The number of carboxylic acid groups (broad SMARTS) is 1. The van der Waals surface area contributed by atoms with Gasteiger partial charge in [-0.2, -0.15) is 0 Å². The van der Waals surface area contributed by atoms with Crippen LogP contribution >= 0.6 is 0 Å². The quantitative estimate of drug-likeness (QED) is 0.816. The van der Waals surface area contributed by atoms with E-state index in [0.717, 1.165) is 25.7 Å². The SMILES string of the molecule is CC(C)C[C@@H](NC(=O)C1CCC(C(C)(C)C)CC1)C(=O)O. The van der Waals surface area contributed by atoms with Crippen LogP contribution < -0.4 is 5.32 Å². The Morgan fingerprint density at radius 2 is 1.67 bits per heavy atom. The molecule has 0 aromatic heterocycles. The molecular weight excluding hydrogens is 266 g/mol. The standard InChI is InChI=1S/C17H31NO3/c1-11(2)10-14(16(20)21)18-15(19)12-6-8-13(9-7-12)17(3,4)5/h11-14H,6-10H2,1-5H3,(H,18,19)(H,20,21)/t12?,13?,14-/m1/s1. The Kier molecular flexibility index (Phi) is 6.24. The molecule has 4 heteroatoms. The van der Waals surface area contributed by atoms with Crippen molar-refractivity contribution >= 4 is 11.9 Å². The molecule has 21 heavy (non-hydrogen) atoms. The summed E-state index contributed by atoms with van der Waals surface area (Å²) in [5.74, 6) is -0.107. The third-order valence-electron chi connectivity index (χ3n) is 4.64. The van der Waals surface area contributed by atoms with Crippen molar-refractivity contribution in [3.8, 4) is 0 Å². The van der Waals surface area contributed by atoms with E-state index < -0.39 is 12.0 Å². The van der Waals surface area contributed by atoms with Crippen LogP contribution in [0.2, 0.25) is 0 Å². The number of carboxylic acids is 1. The summed E-state index contributed by atoms with van der Waals surface area (Å²) in [5, 5.41) is 11.9. The van der Waals surface area contributed by atoms with Gasteiger partial charge in [0, 0.05) is 5.92 Å². The maximum Gasteiger partial charge on any atom is 0.326 e. The van der Waals surface area contributed by atoms with Crippen LogP contribution in [0.1, 0.15) is 66.7 Å². The van der Waals surface area contributed by atoms with Crippen molar-refractivity contribution in [2.24, 2.45) is 23.2 Å². The first-order valence-electron chi connectivity index (χ1n) is 8.14. The second-order valence-electron chi connectivity index (χ2n) is 7.94. The fourth-order valence-electron chi connectivity index (χ4n) is 3.20. The van der Waals surface area contributed by atoms with Crippen molar-refractivity contribution in [2.45, 2.75) is 72.8 Å². The lowest BCUT2D eigenvalue weighted by Crippen LogP contribution is -2.45. The number of aliphatic carboxylic acids is 1. The van der Waals surface area contributed by atoms with Gasteiger partial charge < -0.3 is 10.4 Å². The van der Waals surface area contributed by atoms with Gasteiger partial charge >= 0.3 is 5.97 Å². The van der Waals surface area contributed by atoms with E-state index in [1.807, 2.05) is 13.8 Å². The van der Waals surface area contributed by atoms with Crippen molar-refractivity contribution in [3.63, 3.8) is 0 Å². The molecular formula is C17H31NO3. The van der Waals surface area contributed by atoms with E-state index in [1.54, 1.807) is 0 Å². The molecule has 0 aromatic rings. The zero-order chi connectivity index (χ0) is 16.2. The minimum absolute atomic E-state index is 0.0161.